The zero-order chi connectivity index (χ0) is 22.0. The predicted molar refractivity (Wildman–Crippen MR) is 112 cm³/mol. The van der Waals surface area contributed by atoms with Crippen LogP contribution in [0, 0.1) is 0 Å². The highest BCUT2D eigenvalue weighted by Crippen LogP contribution is 2.38. The van der Waals surface area contributed by atoms with E-state index in [1.807, 2.05) is 49.8 Å². The summed E-state index contributed by atoms with van der Waals surface area (Å²) in [5, 5.41) is 4.21. The largest absolute Gasteiger partial charge is 0.468 e. The van der Waals surface area contributed by atoms with Crippen molar-refractivity contribution in [2.45, 2.75) is 31.5 Å². The van der Waals surface area contributed by atoms with Gasteiger partial charge in [-0.1, -0.05) is 30.3 Å². The van der Waals surface area contributed by atoms with Crippen LogP contribution in [0.4, 0.5) is 4.79 Å². The fraction of sp³-hybridized carbons (Fsp3) is 0.455. The number of urea groups is 1. The molecule has 1 aromatic heterocycles. The quantitative estimate of drug-likeness (QED) is 0.514. The first-order chi connectivity index (χ1) is 14.9. The first kappa shape index (κ1) is 21.0. The Morgan fingerprint density at radius 1 is 1.10 bits per heavy atom. The third-order valence-electron chi connectivity index (χ3n) is 6.17. The number of benzene rings is 1. The molecule has 2 fully saturated rings. The molecule has 9 nitrogen and oxygen atoms in total. The molecule has 31 heavy (non-hydrogen) atoms. The molecule has 0 atom stereocenters. The summed E-state index contributed by atoms with van der Waals surface area (Å²) in [6.07, 6.45) is 4.85. The summed E-state index contributed by atoms with van der Waals surface area (Å²) in [6.45, 7) is 2.06. The number of ether oxygens (including phenoxy) is 1. The van der Waals surface area contributed by atoms with Gasteiger partial charge < -0.3 is 9.64 Å². The number of hydrogen-bond donors (Lipinski definition) is 0. The van der Waals surface area contributed by atoms with Crippen LogP contribution in [0.3, 0.4) is 0 Å². The molecule has 9 heteroatoms. The molecule has 0 N–H and O–H groups in total. The van der Waals surface area contributed by atoms with E-state index in [0.29, 0.717) is 32.5 Å². The number of likely N-dealkylation sites (tertiary alicyclic amines) is 1. The molecule has 4 rings (SSSR count). The minimum Gasteiger partial charge on any atom is -0.468 e. The van der Waals surface area contributed by atoms with Gasteiger partial charge in [0.05, 0.1) is 13.3 Å². The summed E-state index contributed by atoms with van der Waals surface area (Å²) in [7, 11) is 3.14. The molecule has 0 unspecified atom stereocenters. The van der Waals surface area contributed by atoms with Crippen molar-refractivity contribution in [2.75, 3.05) is 26.7 Å². The van der Waals surface area contributed by atoms with Gasteiger partial charge in [0.15, 0.2) is 0 Å². The van der Waals surface area contributed by atoms with Crippen molar-refractivity contribution in [1.29, 1.82) is 0 Å². The van der Waals surface area contributed by atoms with E-state index in [-0.39, 0.29) is 12.5 Å². The Labute approximate surface area is 181 Å². The second kappa shape index (κ2) is 8.50. The van der Waals surface area contributed by atoms with Crippen LogP contribution >= 0.6 is 0 Å². The van der Waals surface area contributed by atoms with Gasteiger partial charge in [-0.25, -0.2) is 4.79 Å². The smallest absolute Gasteiger partial charge is 0.328 e. The fourth-order valence-corrected chi connectivity index (χ4v) is 4.48. The van der Waals surface area contributed by atoms with Crippen molar-refractivity contribution >= 4 is 17.9 Å². The van der Waals surface area contributed by atoms with Gasteiger partial charge >= 0.3 is 12.0 Å². The third-order valence-corrected chi connectivity index (χ3v) is 6.17. The molecule has 2 aromatic rings. The lowest BCUT2D eigenvalue weighted by atomic mass is 9.85. The first-order valence-electron chi connectivity index (χ1n) is 10.4. The number of aryl methyl sites for hydroxylation is 1. The second-order valence-electron chi connectivity index (χ2n) is 8.15. The molecule has 3 heterocycles. The van der Waals surface area contributed by atoms with Gasteiger partial charge in [-0.2, -0.15) is 5.10 Å². The van der Waals surface area contributed by atoms with E-state index in [9.17, 15) is 14.4 Å². The molecular formula is C22H27N5O4. The van der Waals surface area contributed by atoms with Gasteiger partial charge in [-0.05, 0) is 18.4 Å². The summed E-state index contributed by atoms with van der Waals surface area (Å²) < 4.78 is 6.47. The summed E-state index contributed by atoms with van der Waals surface area (Å²) in [6, 6.07) is 9.18. The molecule has 2 aliphatic rings. The predicted octanol–water partition coefficient (Wildman–Crippen LogP) is 1.39. The number of carbonyl (C=O) groups excluding carboxylic acids is 3. The van der Waals surface area contributed by atoms with Crippen molar-refractivity contribution in [3.8, 4) is 0 Å². The van der Waals surface area contributed by atoms with Gasteiger partial charge in [0.1, 0.15) is 12.1 Å². The number of esters is 1. The van der Waals surface area contributed by atoms with Crippen LogP contribution in [-0.2, 0) is 34.5 Å². The summed E-state index contributed by atoms with van der Waals surface area (Å²) in [5.41, 5.74) is 1.12. The Balaban J connectivity index is 1.55. The average molecular weight is 425 g/mol. The van der Waals surface area contributed by atoms with Crippen LogP contribution in [0.5, 0.6) is 0 Å². The van der Waals surface area contributed by atoms with E-state index < -0.39 is 17.5 Å². The van der Waals surface area contributed by atoms with E-state index in [1.165, 1.54) is 7.11 Å². The van der Waals surface area contributed by atoms with Gasteiger partial charge in [-0.3, -0.25) is 24.1 Å². The molecule has 0 bridgehead atoms. The maximum Gasteiger partial charge on any atom is 0.328 e. The second-order valence-corrected chi connectivity index (χ2v) is 8.15. The number of carbonyl (C=O) groups is 3. The molecule has 1 spiro atoms. The number of rotatable bonds is 6. The zero-order valence-corrected chi connectivity index (χ0v) is 17.9. The van der Waals surface area contributed by atoms with Crippen LogP contribution < -0.4 is 0 Å². The molecule has 2 aliphatic heterocycles. The lowest BCUT2D eigenvalue weighted by molar-refractivity contribution is -0.146. The minimum absolute atomic E-state index is 0.306. The molecule has 3 amide bonds. The Morgan fingerprint density at radius 2 is 1.81 bits per heavy atom. The monoisotopic (exact) mass is 425 g/mol. The summed E-state index contributed by atoms with van der Waals surface area (Å²) >= 11 is 0. The van der Waals surface area contributed by atoms with Crippen molar-refractivity contribution in [1.82, 2.24) is 24.5 Å². The van der Waals surface area contributed by atoms with Gasteiger partial charge in [0, 0.05) is 45.0 Å². The number of amides is 3. The summed E-state index contributed by atoms with van der Waals surface area (Å²) in [4.78, 5) is 43.5. The molecule has 0 radical (unpaired) electrons. The Bertz CT molecular complexity index is 965. The lowest BCUT2D eigenvalue weighted by Crippen LogP contribution is -2.56. The average Bonchev–Trinajstić information content (AvgIpc) is 3.27. The van der Waals surface area contributed by atoms with Crippen LogP contribution in [0.25, 0.3) is 0 Å². The highest BCUT2D eigenvalue weighted by Gasteiger charge is 2.58. The molecule has 164 valence electrons. The van der Waals surface area contributed by atoms with Crippen LogP contribution in [0.2, 0.25) is 0 Å². The molecule has 2 saturated heterocycles. The molecule has 1 aromatic carbocycles. The minimum atomic E-state index is -0.938. The van der Waals surface area contributed by atoms with Gasteiger partial charge in [0.2, 0.25) is 0 Å². The Hall–Kier alpha value is -3.20. The number of nitrogens with zero attached hydrogens (tertiary/aromatic N) is 5. The van der Waals surface area contributed by atoms with Crippen LogP contribution in [0.15, 0.2) is 42.7 Å². The highest BCUT2D eigenvalue weighted by atomic mass is 16.5. The highest BCUT2D eigenvalue weighted by molar-refractivity contribution is 6.08. The Kier molecular flexibility index (Phi) is 5.77. The van der Waals surface area contributed by atoms with E-state index in [2.05, 4.69) is 10.00 Å². The third kappa shape index (κ3) is 4.05. The SMILES string of the molecule is COC(=O)CN1C(=O)N(Cc2ccccc2)C2(CCN(Cc3cnn(C)c3)CC2)C1=O. The first-order valence-corrected chi connectivity index (χ1v) is 10.4. The van der Waals surface area contributed by atoms with Crippen molar-refractivity contribution in [3.05, 3.63) is 53.9 Å². The van der Waals surface area contributed by atoms with E-state index >= 15 is 0 Å². The number of piperidine rings is 1. The van der Waals surface area contributed by atoms with Gasteiger partial charge in [0.25, 0.3) is 5.91 Å². The summed E-state index contributed by atoms with van der Waals surface area (Å²) in [5.74, 6) is -0.910. The van der Waals surface area contributed by atoms with Crippen LogP contribution in [0.1, 0.15) is 24.0 Å². The van der Waals surface area contributed by atoms with Crippen molar-refractivity contribution in [3.63, 3.8) is 0 Å². The van der Waals surface area contributed by atoms with E-state index in [0.717, 1.165) is 22.6 Å². The maximum absolute atomic E-state index is 13.4. The number of aromatic nitrogens is 2. The van der Waals surface area contributed by atoms with E-state index in [1.54, 1.807) is 9.58 Å². The standard InChI is InChI=1S/C22H27N5O4/c1-24-13-18(12-23-24)14-25-10-8-22(9-11-25)20(29)26(16-19(28)31-2)21(30)27(22)15-17-6-4-3-5-7-17/h3-7,12-13H,8-11,14-16H2,1-2H3. The Morgan fingerprint density at radius 3 is 2.42 bits per heavy atom. The molecular weight excluding hydrogens is 398 g/mol. The normalized spacial score (nSPS) is 18.8. The van der Waals surface area contributed by atoms with Crippen molar-refractivity contribution in [2.24, 2.45) is 7.05 Å². The fourth-order valence-electron chi connectivity index (χ4n) is 4.48. The van der Waals surface area contributed by atoms with Crippen molar-refractivity contribution < 1.29 is 19.1 Å². The topological polar surface area (TPSA) is 88.0 Å². The maximum atomic E-state index is 13.4. The number of hydrogen-bond acceptors (Lipinski definition) is 6. The van der Waals surface area contributed by atoms with Crippen LogP contribution in [-0.4, -0.2) is 74.7 Å². The lowest BCUT2D eigenvalue weighted by Gasteiger charge is -2.42. The van der Waals surface area contributed by atoms with E-state index in [4.69, 9.17) is 4.74 Å². The number of imide groups is 1. The number of methoxy groups -OCH3 is 1. The molecule has 0 aliphatic carbocycles. The molecule has 0 saturated carbocycles. The van der Waals surface area contributed by atoms with Gasteiger partial charge in [-0.15, -0.1) is 0 Å². The zero-order valence-electron chi connectivity index (χ0n) is 17.9.